The van der Waals surface area contributed by atoms with Crippen molar-refractivity contribution in [1.29, 1.82) is 0 Å². The van der Waals surface area contributed by atoms with Crippen molar-refractivity contribution in [2.45, 2.75) is 31.7 Å². The molecular weight excluding hydrogens is 475 g/mol. The predicted octanol–water partition coefficient (Wildman–Crippen LogP) is 4.87. The van der Waals surface area contributed by atoms with E-state index in [9.17, 15) is 18.0 Å². The summed E-state index contributed by atoms with van der Waals surface area (Å²) in [6, 6.07) is 10.4. The molecular formula is C26H26F3N3O4. The Labute approximate surface area is 206 Å². The van der Waals surface area contributed by atoms with Crippen molar-refractivity contribution in [3.63, 3.8) is 0 Å². The normalized spacial score (nSPS) is 17.0. The van der Waals surface area contributed by atoms with E-state index in [0.29, 0.717) is 35.0 Å². The highest BCUT2D eigenvalue weighted by Gasteiger charge is 2.36. The molecule has 3 aromatic rings. The van der Waals surface area contributed by atoms with Crippen molar-refractivity contribution < 1.29 is 32.2 Å². The van der Waals surface area contributed by atoms with Crippen LogP contribution in [0.25, 0.3) is 10.9 Å². The van der Waals surface area contributed by atoms with Gasteiger partial charge in [0.2, 0.25) is 6.79 Å². The Balaban J connectivity index is 1.55. The number of anilines is 1. The zero-order valence-electron chi connectivity index (χ0n) is 20.0. The molecule has 1 amide bonds. The van der Waals surface area contributed by atoms with Gasteiger partial charge in [-0.2, -0.15) is 13.2 Å². The van der Waals surface area contributed by atoms with Gasteiger partial charge >= 0.3 is 6.18 Å². The Morgan fingerprint density at radius 3 is 2.56 bits per heavy atom. The summed E-state index contributed by atoms with van der Waals surface area (Å²) in [7, 11) is 3.66. The maximum atomic E-state index is 13.7. The SMILES string of the molecule is CN(C)c1nc2cc3c(cc2cc1CN(CC1CCCO1)C(=O)c1ccccc1C(F)(F)F)OCO3. The standard InChI is InChI=1S/C26H26F3N3O4/c1-31(2)24-17(10-16-11-22-23(36-15-35-22)12-21(16)30-24)13-32(14-18-6-5-9-34-18)25(33)19-7-3-4-8-20(19)26(27,28)29/h3-4,7-8,10-12,18H,5-6,9,13-15H2,1-2H3. The van der Waals surface area contributed by atoms with E-state index >= 15 is 0 Å². The van der Waals surface area contributed by atoms with Crippen LogP contribution in [0.5, 0.6) is 11.5 Å². The molecule has 10 heteroatoms. The van der Waals surface area contributed by atoms with Gasteiger partial charge in [-0.25, -0.2) is 4.98 Å². The number of pyridine rings is 1. The van der Waals surface area contributed by atoms with Crippen molar-refractivity contribution in [3.05, 3.63) is 59.2 Å². The quantitative estimate of drug-likeness (QED) is 0.480. The Hall–Kier alpha value is -3.53. The summed E-state index contributed by atoms with van der Waals surface area (Å²) in [6.07, 6.45) is -3.30. The third-order valence-electron chi connectivity index (χ3n) is 6.35. The van der Waals surface area contributed by atoms with Gasteiger partial charge in [0, 0.05) is 50.8 Å². The summed E-state index contributed by atoms with van der Waals surface area (Å²) in [4.78, 5) is 21.6. The van der Waals surface area contributed by atoms with Crippen LogP contribution in [0.4, 0.5) is 19.0 Å². The van der Waals surface area contributed by atoms with Crippen molar-refractivity contribution in [2.75, 3.05) is 38.9 Å². The molecule has 3 heterocycles. The molecule has 190 valence electrons. The molecule has 0 bridgehead atoms. The first-order valence-corrected chi connectivity index (χ1v) is 11.7. The Bertz CT molecular complexity index is 1290. The number of ether oxygens (including phenoxy) is 3. The molecule has 2 aromatic carbocycles. The largest absolute Gasteiger partial charge is 0.454 e. The number of hydrogen-bond acceptors (Lipinski definition) is 6. The Morgan fingerprint density at radius 1 is 1.11 bits per heavy atom. The van der Waals surface area contributed by atoms with Gasteiger partial charge in [-0.15, -0.1) is 0 Å². The Kier molecular flexibility index (Phi) is 6.38. The maximum Gasteiger partial charge on any atom is 0.417 e. The zero-order chi connectivity index (χ0) is 25.4. The third kappa shape index (κ3) is 4.77. The van der Waals surface area contributed by atoms with Crippen molar-refractivity contribution in [3.8, 4) is 11.5 Å². The number of nitrogens with zero attached hydrogens (tertiary/aromatic N) is 3. The average Bonchev–Trinajstić information content (AvgIpc) is 3.52. The lowest BCUT2D eigenvalue weighted by atomic mass is 10.0. The number of benzene rings is 2. The first-order chi connectivity index (χ1) is 17.2. The lowest BCUT2D eigenvalue weighted by Gasteiger charge is -2.28. The highest BCUT2D eigenvalue weighted by atomic mass is 19.4. The van der Waals surface area contributed by atoms with Crippen molar-refractivity contribution in [2.24, 2.45) is 0 Å². The number of aromatic nitrogens is 1. The minimum Gasteiger partial charge on any atom is -0.454 e. The molecule has 2 aliphatic rings. The number of carbonyl (C=O) groups excluding carboxylic acids is 1. The molecule has 5 rings (SSSR count). The molecule has 36 heavy (non-hydrogen) atoms. The summed E-state index contributed by atoms with van der Waals surface area (Å²) in [6.45, 7) is 0.938. The number of carbonyl (C=O) groups is 1. The molecule has 1 atom stereocenters. The number of alkyl halides is 3. The van der Waals surface area contributed by atoms with Crippen LogP contribution in [-0.4, -0.2) is 55.9 Å². The highest BCUT2D eigenvalue weighted by molar-refractivity contribution is 5.96. The first kappa shape index (κ1) is 24.2. The third-order valence-corrected chi connectivity index (χ3v) is 6.35. The lowest BCUT2D eigenvalue weighted by Crippen LogP contribution is -2.38. The zero-order valence-corrected chi connectivity index (χ0v) is 20.0. The minimum atomic E-state index is -4.65. The van der Waals surface area contributed by atoms with Crippen molar-refractivity contribution in [1.82, 2.24) is 9.88 Å². The van der Waals surface area contributed by atoms with Gasteiger partial charge in [0.05, 0.1) is 22.7 Å². The van der Waals surface area contributed by atoms with E-state index in [-0.39, 0.29) is 31.5 Å². The molecule has 2 aliphatic heterocycles. The van der Waals surface area contributed by atoms with E-state index in [4.69, 9.17) is 19.2 Å². The van der Waals surface area contributed by atoms with E-state index in [1.54, 1.807) is 6.07 Å². The molecule has 0 spiro atoms. The van der Waals surface area contributed by atoms with Gasteiger partial charge < -0.3 is 24.0 Å². The van der Waals surface area contributed by atoms with E-state index in [1.807, 2.05) is 31.1 Å². The summed E-state index contributed by atoms with van der Waals surface area (Å²) in [5.74, 6) is 1.11. The van der Waals surface area contributed by atoms with E-state index < -0.39 is 17.6 Å². The molecule has 0 radical (unpaired) electrons. The summed E-state index contributed by atoms with van der Waals surface area (Å²) in [5.41, 5.74) is 0.0457. The number of fused-ring (bicyclic) bond motifs is 2. The molecule has 7 nitrogen and oxygen atoms in total. The molecule has 1 fully saturated rings. The van der Waals surface area contributed by atoms with E-state index in [0.717, 1.165) is 24.3 Å². The predicted molar refractivity (Wildman–Crippen MR) is 127 cm³/mol. The monoisotopic (exact) mass is 501 g/mol. The highest BCUT2D eigenvalue weighted by Crippen LogP contribution is 2.37. The second kappa shape index (κ2) is 9.50. The van der Waals surface area contributed by atoms with Crippen LogP contribution in [0.1, 0.15) is 34.3 Å². The van der Waals surface area contributed by atoms with Crippen LogP contribution < -0.4 is 14.4 Å². The van der Waals surface area contributed by atoms with Crippen LogP contribution in [0, 0.1) is 0 Å². The first-order valence-electron chi connectivity index (χ1n) is 11.7. The second-order valence-corrected chi connectivity index (χ2v) is 9.13. The van der Waals surface area contributed by atoms with Crippen LogP contribution >= 0.6 is 0 Å². The topological polar surface area (TPSA) is 64.1 Å². The molecule has 0 N–H and O–H groups in total. The van der Waals surface area contributed by atoms with Gasteiger partial charge in [0.15, 0.2) is 11.5 Å². The van der Waals surface area contributed by atoms with Crippen LogP contribution in [0.2, 0.25) is 0 Å². The maximum absolute atomic E-state index is 13.7. The fourth-order valence-electron chi connectivity index (χ4n) is 4.65. The van der Waals surface area contributed by atoms with Gasteiger partial charge in [-0.3, -0.25) is 4.79 Å². The number of amides is 1. The molecule has 0 saturated carbocycles. The number of hydrogen-bond donors (Lipinski definition) is 0. The number of halogens is 3. The van der Waals surface area contributed by atoms with Crippen LogP contribution in [-0.2, 0) is 17.5 Å². The lowest BCUT2D eigenvalue weighted by molar-refractivity contribution is -0.138. The smallest absolute Gasteiger partial charge is 0.417 e. The molecule has 0 aliphatic carbocycles. The fourth-order valence-corrected chi connectivity index (χ4v) is 4.65. The van der Waals surface area contributed by atoms with E-state index in [2.05, 4.69) is 0 Å². The summed E-state index contributed by atoms with van der Waals surface area (Å²) in [5, 5.41) is 0.778. The van der Waals surface area contributed by atoms with Gasteiger partial charge in [0.25, 0.3) is 5.91 Å². The van der Waals surface area contributed by atoms with Crippen LogP contribution in [0.15, 0.2) is 42.5 Å². The van der Waals surface area contributed by atoms with Gasteiger partial charge in [-0.05, 0) is 37.1 Å². The van der Waals surface area contributed by atoms with Gasteiger partial charge in [-0.1, -0.05) is 12.1 Å². The van der Waals surface area contributed by atoms with Crippen molar-refractivity contribution >= 4 is 22.6 Å². The summed E-state index contributed by atoms with van der Waals surface area (Å²) >= 11 is 0. The Morgan fingerprint density at radius 2 is 1.86 bits per heavy atom. The summed E-state index contributed by atoms with van der Waals surface area (Å²) < 4.78 is 57.8. The molecule has 1 saturated heterocycles. The van der Waals surface area contributed by atoms with Gasteiger partial charge in [0.1, 0.15) is 5.82 Å². The molecule has 1 aromatic heterocycles. The fraction of sp³-hybridized carbons (Fsp3) is 0.385. The van der Waals surface area contributed by atoms with E-state index in [1.165, 1.54) is 23.1 Å². The molecule has 1 unspecified atom stereocenters. The minimum absolute atomic E-state index is 0.0653. The van der Waals surface area contributed by atoms with Crippen LogP contribution in [0.3, 0.4) is 0 Å². The number of rotatable bonds is 6. The second-order valence-electron chi connectivity index (χ2n) is 9.13. The average molecular weight is 502 g/mol.